The van der Waals surface area contributed by atoms with Gasteiger partial charge >= 0.3 is 0 Å². The lowest BCUT2D eigenvalue weighted by atomic mass is 10.1. The van der Waals surface area contributed by atoms with Crippen molar-refractivity contribution in [3.05, 3.63) is 29.8 Å². The van der Waals surface area contributed by atoms with E-state index >= 15 is 0 Å². The van der Waals surface area contributed by atoms with E-state index in [1.54, 1.807) is 0 Å². The summed E-state index contributed by atoms with van der Waals surface area (Å²) >= 11 is 0. The van der Waals surface area contributed by atoms with Crippen molar-refractivity contribution in [2.24, 2.45) is 0 Å². The molecule has 2 saturated heterocycles. The Morgan fingerprint density at radius 1 is 1.05 bits per heavy atom. The zero-order valence-corrected chi connectivity index (χ0v) is 14.3. The number of hydrogen-bond donors (Lipinski definition) is 0. The summed E-state index contributed by atoms with van der Waals surface area (Å²) in [6, 6.07) is 9.71. The summed E-state index contributed by atoms with van der Waals surface area (Å²) in [5.74, 6) is 0. The second-order valence-electron chi connectivity index (χ2n) is 7.06. The number of nitrogens with zero attached hydrogens (tertiary/aromatic N) is 4. The predicted molar refractivity (Wildman–Crippen MR) is 93.5 cm³/mol. The minimum absolute atomic E-state index is 0.718. The highest BCUT2D eigenvalue weighted by molar-refractivity contribution is 5.54. The van der Waals surface area contributed by atoms with Crippen molar-refractivity contribution in [1.82, 2.24) is 14.7 Å². The van der Waals surface area contributed by atoms with E-state index < -0.39 is 0 Å². The molecule has 0 unspecified atom stereocenters. The average molecular weight is 302 g/mol. The predicted octanol–water partition coefficient (Wildman–Crippen LogP) is 1.57. The van der Waals surface area contributed by atoms with E-state index in [1.807, 2.05) is 0 Å². The molecular formula is C18H30N4. The van der Waals surface area contributed by atoms with Crippen LogP contribution in [0.15, 0.2) is 24.3 Å². The first kappa shape index (κ1) is 15.8. The first-order valence-electron chi connectivity index (χ1n) is 8.53. The van der Waals surface area contributed by atoms with E-state index in [9.17, 15) is 0 Å². The fourth-order valence-electron chi connectivity index (χ4n) is 3.62. The number of para-hydroxylation sites is 1. The Balaban J connectivity index is 1.67. The van der Waals surface area contributed by atoms with Gasteiger partial charge in [0.15, 0.2) is 0 Å². The van der Waals surface area contributed by atoms with Crippen LogP contribution >= 0.6 is 0 Å². The molecule has 0 spiro atoms. The Bertz CT molecular complexity index is 480. The molecule has 2 aliphatic heterocycles. The van der Waals surface area contributed by atoms with Crippen LogP contribution in [0.2, 0.25) is 0 Å². The second-order valence-corrected chi connectivity index (χ2v) is 7.06. The molecule has 0 aromatic heterocycles. The van der Waals surface area contributed by atoms with Gasteiger partial charge in [-0.2, -0.15) is 0 Å². The van der Waals surface area contributed by atoms with Gasteiger partial charge in [-0.25, -0.2) is 0 Å². The quantitative estimate of drug-likeness (QED) is 0.837. The van der Waals surface area contributed by atoms with Gasteiger partial charge in [-0.3, -0.25) is 4.90 Å². The molecule has 1 aromatic rings. The zero-order chi connectivity index (χ0) is 15.5. The molecule has 2 aliphatic rings. The fourth-order valence-corrected chi connectivity index (χ4v) is 3.62. The maximum atomic E-state index is 2.61. The third-order valence-electron chi connectivity index (χ3n) is 5.21. The molecule has 0 bridgehead atoms. The second kappa shape index (κ2) is 6.99. The maximum absolute atomic E-state index is 2.61. The number of likely N-dealkylation sites (N-methyl/N-ethyl adjacent to an activating group) is 2. The Kier molecular flexibility index (Phi) is 5.01. The van der Waals surface area contributed by atoms with E-state index in [0.717, 1.165) is 25.7 Å². The minimum atomic E-state index is 0.718. The van der Waals surface area contributed by atoms with Gasteiger partial charge in [-0.15, -0.1) is 0 Å². The molecule has 2 fully saturated rings. The Labute approximate surface area is 135 Å². The van der Waals surface area contributed by atoms with Crippen LogP contribution in [0.4, 0.5) is 5.69 Å². The molecule has 0 N–H and O–H groups in total. The summed E-state index contributed by atoms with van der Waals surface area (Å²) in [5.41, 5.74) is 2.94. The summed E-state index contributed by atoms with van der Waals surface area (Å²) in [7, 11) is 6.62. The fraction of sp³-hybridized carbons (Fsp3) is 0.667. The molecule has 1 aromatic carbocycles. The monoisotopic (exact) mass is 302 g/mol. The van der Waals surface area contributed by atoms with Crippen LogP contribution < -0.4 is 4.90 Å². The van der Waals surface area contributed by atoms with Crippen molar-refractivity contribution < 1.29 is 0 Å². The highest BCUT2D eigenvalue weighted by Crippen LogP contribution is 2.25. The normalized spacial score (nSPS) is 24.4. The summed E-state index contributed by atoms with van der Waals surface area (Å²) in [5, 5.41) is 0. The summed E-state index contributed by atoms with van der Waals surface area (Å²) in [6.07, 6.45) is 1.30. The van der Waals surface area contributed by atoms with Crippen molar-refractivity contribution >= 4 is 5.69 Å². The lowest BCUT2D eigenvalue weighted by molar-refractivity contribution is 0.264. The van der Waals surface area contributed by atoms with E-state index in [0.29, 0.717) is 0 Å². The molecule has 1 atom stereocenters. The third kappa shape index (κ3) is 3.62. The van der Waals surface area contributed by atoms with Gasteiger partial charge in [0.1, 0.15) is 0 Å². The van der Waals surface area contributed by atoms with Crippen molar-refractivity contribution in [2.45, 2.75) is 19.0 Å². The molecule has 0 amide bonds. The smallest absolute Gasteiger partial charge is 0.0412 e. The molecule has 4 nitrogen and oxygen atoms in total. The topological polar surface area (TPSA) is 13.0 Å². The van der Waals surface area contributed by atoms with Crippen molar-refractivity contribution in [1.29, 1.82) is 0 Å². The molecular weight excluding hydrogens is 272 g/mol. The van der Waals surface area contributed by atoms with E-state index in [2.05, 4.69) is 65.0 Å². The Hall–Kier alpha value is -1.10. The summed E-state index contributed by atoms with van der Waals surface area (Å²) in [6.45, 7) is 8.14. The number of piperazine rings is 1. The van der Waals surface area contributed by atoms with Gasteiger partial charge in [0, 0.05) is 57.5 Å². The van der Waals surface area contributed by atoms with Crippen molar-refractivity contribution in [3.63, 3.8) is 0 Å². The number of anilines is 1. The highest BCUT2D eigenvalue weighted by atomic mass is 15.3. The van der Waals surface area contributed by atoms with Crippen LogP contribution in [0.5, 0.6) is 0 Å². The van der Waals surface area contributed by atoms with E-state index in [-0.39, 0.29) is 0 Å². The maximum Gasteiger partial charge on any atom is 0.0412 e. The van der Waals surface area contributed by atoms with Crippen LogP contribution in [-0.2, 0) is 6.54 Å². The van der Waals surface area contributed by atoms with Crippen molar-refractivity contribution in [2.75, 3.05) is 65.3 Å². The van der Waals surface area contributed by atoms with Gasteiger partial charge in [-0.1, -0.05) is 18.2 Å². The van der Waals surface area contributed by atoms with E-state index in [4.69, 9.17) is 0 Å². The lowest BCUT2D eigenvalue weighted by Crippen LogP contribution is -2.45. The van der Waals surface area contributed by atoms with Gasteiger partial charge in [-0.05, 0) is 39.2 Å². The van der Waals surface area contributed by atoms with Crippen LogP contribution in [0, 0.1) is 0 Å². The largest absolute Gasteiger partial charge is 0.369 e. The molecule has 122 valence electrons. The minimum Gasteiger partial charge on any atom is -0.369 e. The molecule has 3 rings (SSSR count). The van der Waals surface area contributed by atoms with Crippen LogP contribution in [-0.4, -0.2) is 81.2 Å². The SMILES string of the molecule is CN1CCN(c2ccccc2CN2CC[C@H](N(C)C)C2)CC1. The lowest BCUT2D eigenvalue weighted by Gasteiger charge is -2.35. The van der Waals surface area contributed by atoms with Crippen LogP contribution in [0.3, 0.4) is 0 Å². The Morgan fingerprint density at radius 2 is 1.77 bits per heavy atom. The summed E-state index contributed by atoms with van der Waals surface area (Å²) < 4.78 is 0. The number of likely N-dealkylation sites (tertiary alicyclic amines) is 1. The first-order valence-corrected chi connectivity index (χ1v) is 8.53. The number of hydrogen-bond acceptors (Lipinski definition) is 4. The Morgan fingerprint density at radius 3 is 2.45 bits per heavy atom. The van der Waals surface area contributed by atoms with Gasteiger partial charge in [0.05, 0.1) is 0 Å². The summed E-state index contributed by atoms with van der Waals surface area (Å²) in [4.78, 5) is 9.96. The molecule has 0 radical (unpaired) electrons. The molecule has 0 aliphatic carbocycles. The van der Waals surface area contributed by atoms with Crippen molar-refractivity contribution in [3.8, 4) is 0 Å². The first-order chi connectivity index (χ1) is 10.6. The molecule has 2 heterocycles. The van der Waals surface area contributed by atoms with Crippen LogP contribution in [0.1, 0.15) is 12.0 Å². The van der Waals surface area contributed by atoms with Gasteiger partial charge < -0.3 is 14.7 Å². The molecule has 22 heavy (non-hydrogen) atoms. The highest BCUT2D eigenvalue weighted by Gasteiger charge is 2.25. The number of benzene rings is 1. The molecule has 0 saturated carbocycles. The molecule has 4 heteroatoms. The average Bonchev–Trinajstić information content (AvgIpc) is 2.98. The number of rotatable bonds is 4. The van der Waals surface area contributed by atoms with Gasteiger partial charge in [0.25, 0.3) is 0 Å². The zero-order valence-electron chi connectivity index (χ0n) is 14.3. The van der Waals surface area contributed by atoms with E-state index in [1.165, 1.54) is 43.9 Å². The third-order valence-corrected chi connectivity index (χ3v) is 5.21. The van der Waals surface area contributed by atoms with Crippen LogP contribution in [0.25, 0.3) is 0 Å². The standard InChI is InChI=1S/C18H30N4/c1-19(2)17-8-9-21(15-17)14-16-6-4-5-7-18(16)22-12-10-20(3)11-13-22/h4-7,17H,8-15H2,1-3H3/t17-/m0/s1. The van der Waals surface area contributed by atoms with Gasteiger partial charge in [0.2, 0.25) is 0 Å².